The first-order chi connectivity index (χ1) is 10.1. The Balaban J connectivity index is 1.77. The number of H-pyrrole nitrogens is 1. The van der Waals surface area contributed by atoms with Crippen LogP contribution in [-0.4, -0.2) is 26.5 Å². The van der Waals surface area contributed by atoms with Crippen molar-refractivity contribution in [1.29, 1.82) is 0 Å². The van der Waals surface area contributed by atoms with Gasteiger partial charge in [0, 0.05) is 30.1 Å². The van der Waals surface area contributed by atoms with Gasteiger partial charge in [0.25, 0.3) is 5.91 Å². The minimum atomic E-state index is -0.191. The lowest BCUT2D eigenvalue weighted by molar-refractivity contribution is 0.0928. The Morgan fingerprint density at radius 2 is 2.29 bits per heavy atom. The molecule has 3 rings (SSSR count). The van der Waals surface area contributed by atoms with Gasteiger partial charge in [-0.1, -0.05) is 0 Å². The highest BCUT2D eigenvalue weighted by atomic mass is 16.2. The van der Waals surface area contributed by atoms with E-state index in [1.165, 1.54) is 12.6 Å². The number of carbonyl (C=O) groups is 2. The van der Waals surface area contributed by atoms with Crippen molar-refractivity contribution in [1.82, 2.24) is 20.1 Å². The third-order valence-electron chi connectivity index (χ3n) is 4.02. The van der Waals surface area contributed by atoms with E-state index in [9.17, 15) is 9.59 Å². The molecule has 0 aliphatic heterocycles. The second kappa shape index (κ2) is 5.20. The molecule has 21 heavy (non-hydrogen) atoms. The van der Waals surface area contributed by atoms with Gasteiger partial charge in [-0.2, -0.15) is 5.10 Å². The molecule has 1 atom stereocenters. The molecule has 2 heterocycles. The van der Waals surface area contributed by atoms with Gasteiger partial charge >= 0.3 is 0 Å². The number of hydrogen-bond donors (Lipinski definition) is 2. The summed E-state index contributed by atoms with van der Waals surface area (Å²) in [6.07, 6.45) is 6.32. The predicted octanol–water partition coefficient (Wildman–Crippen LogP) is 1.76. The third kappa shape index (κ3) is 2.49. The van der Waals surface area contributed by atoms with Crippen LogP contribution >= 0.6 is 0 Å². The van der Waals surface area contributed by atoms with Gasteiger partial charge in [-0.15, -0.1) is 0 Å². The Hall–Kier alpha value is -2.37. The second-order valence-corrected chi connectivity index (χ2v) is 5.45. The van der Waals surface area contributed by atoms with E-state index < -0.39 is 0 Å². The van der Waals surface area contributed by atoms with Crippen molar-refractivity contribution in [2.75, 3.05) is 0 Å². The summed E-state index contributed by atoms with van der Waals surface area (Å²) in [6, 6.07) is 1.57. The number of nitrogens with zero attached hydrogens (tertiary/aromatic N) is 2. The van der Waals surface area contributed by atoms with Crippen molar-refractivity contribution < 1.29 is 9.59 Å². The number of ketones is 1. The van der Waals surface area contributed by atoms with E-state index in [1.54, 1.807) is 12.3 Å². The summed E-state index contributed by atoms with van der Waals surface area (Å²) in [4.78, 5) is 26.4. The summed E-state index contributed by atoms with van der Waals surface area (Å²) in [7, 11) is 1.92. The molecule has 0 radical (unpaired) electrons. The molecule has 1 amide bonds. The Morgan fingerprint density at radius 3 is 3.00 bits per heavy atom. The van der Waals surface area contributed by atoms with E-state index >= 15 is 0 Å². The van der Waals surface area contributed by atoms with Crippen LogP contribution in [-0.2, 0) is 13.5 Å². The van der Waals surface area contributed by atoms with Crippen LogP contribution in [0.15, 0.2) is 18.5 Å². The molecule has 1 aliphatic rings. The molecule has 2 aromatic rings. The summed E-state index contributed by atoms with van der Waals surface area (Å²) in [6.45, 7) is 1.48. The molecule has 0 unspecified atom stereocenters. The number of aromatic nitrogens is 3. The molecule has 1 aliphatic carbocycles. The Morgan fingerprint density at radius 1 is 1.48 bits per heavy atom. The number of carbonyl (C=O) groups excluding carboxylic acids is 2. The van der Waals surface area contributed by atoms with Gasteiger partial charge in [-0.05, 0) is 32.3 Å². The Labute approximate surface area is 122 Å². The van der Waals surface area contributed by atoms with Crippen molar-refractivity contribution in [2.45, 2.75) is 32.2 Å². The molecule has 0 saturated heterocycles. The quantitative estimate of drug-likeness (QED) is 0.844. The SMILES string of the molecule is CC(=O)c1c[nH]c(C(=O)N[C@H]2CCCc3c2cnn3C)c1. The van der Waals surface area contributed by atoms with Gasteiger partial charge in [0.2, 0.25) is 0 Å². The van der Waals surface area contributed by atoms with E-state index in [1.807, 2.05) is 17.9 Å². The van der Waals surface area contributed by atoms with E-state index in [0.29, 0.717) is 11.3 Å². The number of nitrogens with one attached hydrogen (secondary N) is 2. The van der Waals surface area contributed by atoms with Gasteiger partial charge < -0.3 is 10.3 Å². The molecule has 6 nitrogen and oxygen atoms in total. The van der Waals surface area contributed by atoms with Crippen molar-refractivity contribution in [3.8, 4) is 0 Å². The Bertz CT molecular complexity index is 698. The normalized spacial score (nSPS) is 17.3. The highest BCUT2D eigenvalue weighted by Gasteiger charge is 2.25. The van der Waals surface area contributed by atoms with Gasteiger partial charge in [-0.25, -0.2) is 0 Å². The number of aryl methyl sites for hydroxylation is 1. The molecule has 2 aromatic heterocycles. The van der Waals surface area contributed by atoms with Crippen molar-refractivity contribution >= 4 is 11.7 Å². The summed E-state index contributed by atoms with van der Waals surface area (Å²) >= 11 is 0. The standard InChI is InChI=1S/C15H18N4O2/c1-9(20)10-6-13(16-7-10)15(21)18-12-4-3-5-14-11(12)8-17-19(14)2/h6-8,12,16H,3-5H2,1-2H3,(H,18,21)/t12-/m0/s1. The van der Waals surface area contributed by atoms with Gasteiger partial charge in [-0.3, -0.25) is 14.3 Å². The zero-order valence-corrected chi connectivity index (χ0v) is 12.1. The summed E-state index contributed by atoms with van der Waals surface area (Å²) in [5.41, 5.74) is 3.21. The van der Waals surface area contributed by atoms with Crippen LogP contribution in [0.4, 0.5) is 0 Å². The maximum atomic E-state index is 12.3. The third-order valence-corrected chi connectivity index (χ3v) is 4.02. The topological polar surface area (TPSA) is 79.8 Å². The van der Waals surface area contributed by atoms with Crippen LogP contribution in [0.2, 0.25) is 0 Å². The number of rotatable bonds is 3. The van der Waals surface area contributed by atoms with E-state index in [0.717, 1.165) is 24.8 Å². The van der Waals surface area contributed by atoms with E-state index in [4.69, 9.17) is 0 Å². The summed E-state index contributed by atoms with van der Waals surface area (Å²) < 4.78 is 1.87. The van der Waals surface area contributed by atoms with Crippen LogP contribution in [0.5, 0.6) is 0 Å². The van der Waals surface area contributed by atoms with Crippen LogP contribution in [0, 0.1) is 0 Å². The lowest BCUT2D eigenvalue weighted by Crippen LogP contribution is -2.31. The predicted molar refractivity (Wildman–Crippen MR) is 77.2 cm³/mol. The molecule has 0 fully saturated rings. The second-order valence-electron chi connectivity index (χ2n) is 5.45. The van der Waals surface area contributed by atoms with Gasteiger partial charge in [0.15, 0.2) is 5.78 Å². The zero-order chi connectivity index (χ0) is 15.0. The number of hydrogen-bond acceptors (Lipinski definition) is 3. The first-order valence-corrected chi connectivity index (χ1v) is 7.07. The average molecular weight is 286 g/mol. The zero-order valence-electron chi connectivity index (χ0n) is 12.1. The molecule has 0 aromatic carbocycles. The maximum Gasteiger partial charge on any atom is 0.268 e. The smallest absolute Gasteiger partial charge is 0.268 e. The fourth-order valence-corrected chi connectivity index (χ4v) is 2.82. The fourth-order valence-electron chi connectivity index (χ4n) is 2.82. The monoisotopic (exact) mass is 286 g/mol. The maximum absolute atomic E-state index is 12.3. The molecule has 2 N–H and O–H groups in total. The molecule has 0 saturated carbocycles. The van der Waals surface area contributed by atoms with Crippen molar-refractivity contribution in [3.63, 3.8) is 0 Å². The average Bonchev–Trinajstić information content (AvgIpc) is 3.07. The number of amides is 1. The largest absolute Gasteiger partial charge is 0.356 e. The van der Waals surface area contributed by atoms with E-state index in [2.05, 4.69) is 15.4 Å². The van der Waals surface area contributed by atoms with E-state index in [-0.39, 0.29) is 17.7 Å². The molecule has 6 heteroatoms. The van der Waals surface area contributed by atoms with Crippen LogP contribution in [0.1, 0.15) is 57.9 Å². The first kappa shape index (κ1) is 13.6. The number of Topliss-reactive ketones (excluding diaryl/α,β-unsaturated/α-hetero) is 1. The minimum Gasteiger partial charge on any atom is -0.356 e. The van der Waals surface area contributed by atoms with Crippen LogP contribution in [0.25, 0.3) is 0 Å². The van der Waals surface area contributed by atoms with Gasteiger partial charge in [0.05, 0.1) is 12.2 Å². The first-order valence-electron chi connectivity index (χ1n) is 7.07. The molecule has 0 bridgehead atoms. The van der Waals surface area contributed by atoms with Crippen LogP contribution < -0.4 is 5.32 Å². The highest BCUT2D eigenvalue weighted by Crippen LogP contribution is 2.29. The highest BCUT2D eigenvalue weighted by molar-refractivity contribution is 5.99. The number of fused-ring (bicyclic) bond motifs is 1. The molecular formula is C15H18N4O2. The van der Waals surface area contributed by atoms with Crippen LogP contribution in [0.3, 0.4) is 0 Å². The lowest BCUT2D eigenvalue weighted by Gasteiger charge is -2.23. The fraction of sp³-hybridized carbons (Fsp3) is 0.400. The van der Waals surface area contributed by atoms with Gasteiger partial charge in [0.1, 0.15) is 5.69 Å². The van der Waals surface area contributed by atoms with Crippen molar-refractivity contribution in [2.24, 2.45) is 7.05 Å². The molecule has 110 valence electrons. The van der Waals surface area contributed by atoms with Crippen molar-refractivity contribution in [3.05, 3.63) is 41.0 Å². The minimum absolute atomic E-state index is 0.0148. The summed E-state index contributed by atoms with van der Waals surface area (Å²) in [5, 5.41) is 7.29. The molecular weight excluding hydrogens is 268 g/mol. The Kier molecular flexibility index (Phi) is 3.37. The summed E-state index contributed by atoms with van der Waals surface area (Å²) in [5.74, 6) is -0.248. The lowest BCUT2D eigenvalue weighted by atomic mass is 9.93. The number of aromatic amines is 1. The molecule has 0 spiro atoms.